The molecule has 4 heterocycles. The normalized spacial score (nSPS) is 17.7. The second kappa shape index (κ2) is 8.92. The molecule has 1 saturated heterocycles. The van der Waals surface area contributed by atoms with Gasteiger partial charge in [-0.1, -0.05) is 29.8 Å². The number of benzene rings is 1. The fraction of sp³-hybridized carbons (Fsp3) is 0.476. The number of thiazole rings is 1. The van der Waals surface area contributed by atoms with Crippen molar-refractivity contribution in [3.63, 3.8) is 0 Å². The number of likely N-dealkylation sites (tertiary alicyclic amines) is 1. The molecule has 8 heteroatoms. The van der Waals surface area contributed by atoms with Gasteiger partial charge in [0.1, 0.15) is 16.7 Å². The van der Waals surface area contributed by atoms with Gasteiger partial charge in [-0.15, -0.1) is 33.9 Å². The topological polar surface area (TPSA) is 58.9 Å². The monoisotopic (exact) mass is 430 g/mol. The maximum absolute atomic E-state index is 4.65. The van der Waals surface area contributed by atoms with Gasteiger partial charge < -0.3 is 9.88 Å². The SMILES string of the molecule is Cc1ccc(-c2ncc(CN3CCC(c4nnc5n4CCNC5)CC3)s2)cc1.Cl. The Bertz CT molecular complexity index is 942. The van der Waals surface area contributed by atoms with E-state index in [4.69, 9.17) is 0 Å². The van der Waals surface area contributed by atoms with Gasteiger partial charge in [0.05, 0.1) is 6.54 Å². The third-order valence-corrected chi connectivity index (χ3v) is 6.87. The second-order valence-corrected chi connectivity index (χ2v) is 8.97. The van der Waals surface area contributed by atoms with E-state index in [1.807, 2.05) is 17.5 Å². The Hall–Kier alpha value is -1.80. The highest BCUT2D eigenvalue weighted by molar-refractivity contribution is 7.15. The van der Waals surface area contributed by atoms with Crippen LogP contribution in [0, 0.1) is 6.92 Å². The molecule has 1 N–H and O–H groups in total. The third-order valence-electron chi connectivity index (χ3n) is 5.84. The summed E-state index contributed by atoms with van der Waals surface area (Å²) in [7, 11) is 0. The van der Waals surface area contributed by atoms with Gasteiger partial charge in [-0.25, -0.2) is 4.98 Å². The van der Waals surface area contributed by atoms with Gasteiger partial charge in [0.25, 0.3) is 0 Å². The molecule has 0 saturated carbocycles. The highest BCUT2D eigenvalue weighted by Crippen LogP contribution is 2.30. The zero-order chi connectivity index (χ0) is 18.9. The summed E-state index contributed by atoms with van der Waals surface area (Å²) in [5.74, 6) is 2.84. The van der Waals surface area contributed by atoms with Gasteiger partial charge in [0.15, 0.2) is 0 Å². The summed E-state index contributed by atoms with van der Waals surface area (Å²) >= 11 is 1.82. The van der Waals surface area contributed by atoms with E-state index in [-0.39, 0.29) is 12.4 Å². The minimum atomic E-state index is 0. The lowest BCUT2D eigenvalue weighted by Gasteiger charge is -2.31. The summed E-state index contributed by atoms with van der Waals surface area (Å²) in [6.45, 7) is 8.21. The van der Waals surface area contributed by atoms with Gasteiger partial charge in [0.2, 0.25) is 0 Å². The maximum atomic E-state index is 4.65. The van der Waals surface area contributed by atoms with Gasteiger partial charge in [0, 0.05) is 42.2 Å². The first kappa shape index (κ1) is 20.5. The number of halogens is 1. The first-order chi connectivity index (χ1) is 13.8. The molecule has 0 spiro atoms. The van der Waals surface area contributed by atoms with Crippen LogP contribution in [-0.4, -0.2) is 44.3 Å². The van der Waals surface area contributed by atoms with Crippen molar-refractivity contribution in [2.24, 2.45) is 0 Å². The molecule has 0 unspecified atom stereocenters. The number of nitrogens with zero attached hydrogens (tertiary/aromatic N) is 5. The lowest BCUT2D eigenvalue weighted by molar-refractivity contribution is 0.201. The molecule has 29 heavy (non-hydrogen) atoms. The van der Waals surface area contributed by atoms with Gasteiger partial charge >= 0.3 is 0 Å². The predicted octanol–water partition coefficient (Wildman–Crippen LogP) is 3.61. The summed E-state index contributed by atoms with van der Waals surface area (Å²) in [5, 5.41) is 13.4. The largest absolute Gasteiger partial charge is 0.312 e. The molecule has 6 nitrogen and oxygen atoms in total. The molecule has 3 aromatic rings. The van der Waals surface area contributed by atoms with E-state index in [9.17, 15) is 0 Å². The Kier molecular flexibility index (Phi) is 6.29. The standard InChI is InChI=1S/C21H26N6S.ClH/c1-15-2-4-17(5-3-15)21-23-12-18(28-21)14-26-9-6-16(7-10-26)20-25-24-19-13-22-8-11-27(19)20;/h2-5,12,16,22H,6-11,13-14H2,1H3;1H. The van der Waals surface area contributed by atoms with Gasteiger partial charge in [-0.2, -0.15) is 0 Å². The molecular weight excluding hydrogens is 404 g/mol. The molecule has 5 rings (SSSR count). The van der Waals surface area contributed by atoms with Crippen LogP contribution in [0.2, 0.25) is 0 Å². The molecule has 1 fully saturated rings. The van der Waals surface area contributed by atoms with E-state index in [1.54, 1.807) is 0 Å². The quantitative estimate of drug-likeness (QED) is 0.685. The Labute approximate surface area is 181 Å². The van der Waals surface area contributed by atoms with Crippen LogP contribution in [0.5, 0.6) is 0 Å². The van der Waals surface area contributed by atoms with Gasteiger partial charge in [-0.3, -0.25) is 4.90 Å². The number of hydrogen-bond acceptors (Lipinski definition) is 6. The van der Waals surface area contributed by atoms with Crippen molar-refractivity contribution in [3.8, 4) is 10.6 Å². The third kappa shape index (κ3) is 4.38. The number of piperidine rings is 1. The summed E-state index contributed by atoms with van der Waals surface area (Å²) in [5.41, 5.74) is 2.50. The van der Waals surface area contributed by atoms with Crippen molar-refractivity contribution < 1.29 is 0 Å². The Morgan fingerprint density at radius 1 is 1.10 bits per heavy atom. The Balaban J connectivity index is 0.00000205. The summed E-state index contributed by atoms with van der Waals surface area (Å²) in [6, 6.07) is 8.64. The zero-order valence-electron chi connectivity index (χ0n) is 16.7. The molecule has 0 atom stereocenters. The minimum absolute atomic E-state index is 0. The van der Waals surface area contributed by atoms with E-state index in [2.05, 4.69) is 61.2 Å². The second-order valence-electron chi connectivity index (χ2n) is 7.85. The molecular formula is C21H27ClN6S. The molecule has 0 amide bonds. The number of hydrogen-bond donors (Lipinski definition) is 1. The van der Waals surface area contributed by atoms with Crippen molar-refractivity contribution in [1.29, 1.82) is 0 Å². The molecule has 0 aliphatic carbocycles. The molecule has 2 aromatic heterocycles. The fourth-order valence-electron chi connectivity index (χ4n) is 4.20. The fourth-order valence-corrected chi connectivity index (χ4v) is 5.16. The number of rotatable bonds is 4. The van der Waals surface area contributed by atoms with Crippen LogP contribution in [0.3, 0.4) is 0 Å². The number of fused-ring (bicyclic) bond motifs is 1. The molecule has 1 aromatic carbocycles. The Morgan fingerprint density at radius 2 is 1.90 bits per heavy atom. The van der Waals surface area contributed by atoms with E-state index < -0.39 is 0 Å². The highest BCUT2D eigenvalue weighted by atomic mass is 35.5. The van der Waals surface area contributed by atoms with Crippen LogP contribution in [-0.2, 0) is 19.6 Å². The summed E-state index contributed by atoms with van der Waals surface area (Å²) < 4.78 is 2.34. The summed E-state index contributed by atoms with van der Waals surface area (Å²) in [6.07, 6.45) is 4.37. The van der Waals surface area contributed by atoms with Crippen LogP contribution in [0.25, 0.3) is 10.6 Å². The zero-order valence-corrected chi connectivity index (χ0v) is 18.3. The molecule has 0 radical (unpaired) electrons. The molecule has 2 aliphatic heterocycles. The number of aromatic nitrogens is 4. The Morgan fingerprint density at radius 3 is 2.69 bits per heavy atom. The van der Waals surface area contributed by atoms with E-state index >= 15 is 0 Å². The van der Waals surface area contributed by atoms with Crippen molar-refractivity contribution >= 4 is 23.7 Å². The number of nitrogens with one attached hydrogen (secondary N) is 1. The minimum Gasteiger partial charge on any atom is -0.312 e. The van der Waals surface area contributed by atoms with Crippen molar-refractivity contribution in [2.45, 2.75) is 45.3 Å². The first-order valence-corrected chi connectivity index (χ1v) is 10.9. The number of aryl methyl sites for hydroxylation is 1. The van der Waals surface area contributed by atoms with E-state index in [0.717, 1.165) is 62.9 Å². The van der Waals surface area contributed by atoms with Crippen LogP contribution in [0.4, 0.5) is 0 Å². The predicted molar refractivity (Wildman–Crippen MR) is 119 cm³/mol. The van der Waals surface area contributed by atoms with Crippen LogP contribution >= 0.6 is 23.7 Å². The van der Waals surface area contributed by atoms with Crippen LogP contribution in [0.1, 0.15) is 40.8 Å². The van der Waals surface area contributed by atoms with Crippen LogP contribution < -0.4 is 5.32 Å². The van der Waals surface area contributed by atoms with Crippen molar-refractivity contribution in [3.05, 3.63) is 52.6 Å². The smallest absolute Gasteiger partial charge is 0.147 e. The highest BCUT2D eigenvalue weighted by Gasteiger charge is 2.27. The maximum Gasteiger partial charge on any atom is 0.147 e. The van der Waals surface area contributed by atoms with Crippen molar-refractivity contribution in [1.82, 2.24) is 30.0 Å². The van der Waals surface area contributed by atoms with Gasteiger partial charge in [-0.05, 0) is 32.9 Å². The van der Waals surface area contributed by atoms with E-state index in [0.29, 0.717) is 5.92 Å². The van der Waals surface area contributed by atoms with Crippen molar-refractivity contribution in [2.75, 3.05) is 19.6 Å². The molecule has 2 aliphatic rings. The lowest BCUT2D eigenvalue weighted by Crippen LogP contribution is -2.34. The molecule has 154 valence electrons. The first-order valence-electron chi connectivity index (χ1n) is 10.1. The summed E-state index contributed by atoms with van der Waals surface area (Å²) in [4.78, 5) is 8.55. The van der Waals surface area contributed by atoms with Crippen LogP contribution in [0.15, 0.2) is 30.5 Å². The average molecular weight is 431 g/mol. The molecule has 0 bridgehead atoms. The van der Waals surface area contributed by atoms with E-state index in [1.165, 1.54) is 21.8 Å². The lowest BCUT2D eigenvalue weighted by atomic mass is 9.95. The average Bonchev–Trinajstić information content (AvgIpc) is 3.36.